The number of nitrogens with zero attached hydrogens (tertiary/aromatic N) is 1. The molecule has 2 amide bonds. The lowest BCUT2D eigenvalue weighted by atomic mass is 9.98. The van der Waals surface area contributed by atoms with Gasteiger partial charge in [-0.15, -0.1) is 0 Å². The molecule has 1 aromatic carbocycles. The van der Waals surface area contributed by atoms with E-state index < -0.39 is 11.7 Å². The van der Waals surface area contributed by atoms with Gasteiger partial charge >= 0.3 is 12.2 Å². The monoisotopic (exact) mass is 334 g/mol. The van der Waals surface area contributed by atoms with Crippen molar-refractivity contribution in [2.75, 3.05) is 25.0 Å². The molecule has 6 heteroatoms. The number of hydrogen-bond acceptors (Lipinski definition) is 4. The molecule has 1 fully saturated rings. The number of carbonyl (C=O) groups excluding carboxylic acids is 2. The van der Waals surface area contributed by atoms with Gasteiger partial charge in [0.2, 0.25) is 0 Å². The Morgan fingerprint density at radius 2 is 1.92 bits per heavy atom. The van der Waals surface area contributed by atoms with E-state index in [0.717, 1.165) is 12.0 Å². The Hall–Kier alpha value is -2.24. The van der Waals surface area contributed by atoms with E-state index in [0.29, 0.717) is 25.4 Å². The van der Waals surface area contributed by atoms with Crippen molar-refractivity contribution in [2.45, 2.75) is 45.6 Å². The van der Waals surface area contributed by atoms with Crippen LogP contribution in [0.3, 0.4) is 0 Å². The van der Waals surface area contributed by atoms with Crippen LogP contribution < -0.4 is 5.32 Å². The molecule has 1 unspecified atom stereocenters. The van der Waals surface area contributed by atoms with Gasteiger partial charge in [-0.25, -0.2) is 9.59 Å². The van der Waals surface area contributed by atoms with Gasteiger partial charge in [-0.2, -0.15) is 0 Å². The average Bonchev–Trinajstić information content (AvgIpc) is 2.96. The van der Waals surface area contributed by atoms with Gasteiger partial charge in [-0.05, 0) is 51.8 Å². The van der Waals surface area contributed by atoms with Crippen molar-refractivity contribution in [2.24, 2.45) is 0 Å². The average molecular weight is 334 g/mol. The highest BCUT2D eigenvalue weighted by molar-refractivity contribution is 5.84. The Bertz CT molecular complexity index is 578. The number of ether oxygens (including phenoxy) is 2. The van der Waals surface area contributed by atoms with Gasteiger partial charge in [0.1, 0.15) is 5.60 Å². The molecule has 6 nitrogen and oxygen atoms in total. The van der Waals surface area contributed by atoms with Crippen LogP contribution in [0.5, 0.6) is 0 Å². The molecule has 2 rings (SSSR count). The number of benzene rings is 1. The maximum absolute atomic E-state index is 12.1. The first-order chi connectivity index (χ1) is 11.3. The van der Waals surface area contributed by atoms with Crippen molar-refractivity contribution in [1.29, 1.82) is 0 Å². The number of nitrogens with one attached hydrogen (secondary N) is 1. The highest BCUT2D eigenvalue weighted by Crippen LogP contribution is 2.29. The van der Waals surface area contributed by atoms with Crippen LogP contribution in [-0.4, -0.2) is 42.4 Å². The van der Waals surface area contributed by atoms with E-state index in [4.69, 9.17) is 9.47 Å². The van der Waals surface area contributed by atoms with Crippen molar-refractivity contribution in [3.8, 4) is 0 Å². The van der Waals surface area contributed by atoms with Gasteiger partial charge in [-0.3, -0.25) is 5.32 Å². The van der Waals surface area contributed by atoms with Crippen LogP contribution in [0.15, 0.2) is 24.3 Å². The van der Waals surface area contributed by atoms with Crippen molar-refractivity contribution < 1.29 is 19.1 Å². The Kier molecular flexibility index (Phi) is 5.70. The first-order valence-electron chi connectivity index (χ1n) is 8.30. The lowest BCUT2D eigenvalue weighted by molar-refractivity contribution is 0.0292. The molecule has 0 saturated carbocycles. The summed E-state index contributed by atoms with van der Waals surface area (Å²) in [5.41, 5.74) is 1.37. The lowest BCUT2D eigenvalue weighted by Crippen LogP contribution is -2.35. The van der Waals surface area contributed by atoms with E-state index in [1.807, 2.05) is 45.0 Å². The zero-order valence-electron chi connectivity index (χ0n) is 14.8. The van der Waals surface area contributed by atoms with Crippen LogP contribution >= 0.6 is 0 Å². The van der Waals surface area contributed by atoms with Gasteiger partial charge in [0.25, 0.3) is 0 Å². The first kappa shape index (κ1) is 18.1. The zero-order chi connectivity index (χ0) is 17.7. The zero-order valence-corrected chi connectivity index (χ0v) is 14.8. The highest BCUT2D eigenvalue weighted by Gasteiger charge is 2.30. The standard InChI is InChI=1S/C18H26N2O4/c1-5-23-16(21)19-15-8-6-13(7-9-15)14-10-11-20(12-14)17(22)24-18(2,3)4/h6-9,14H,5,10-12H2,1-4H3,(H,19,21). The third-order valence-electron chi connectivity index (χ3n) is 3.74. The molecule has 1 heterocycles. The predicted molar refractivity (Wildman–Crippen MR) is 92.3 cm³/mol. The van der Waals surface area contributed by atoms with Gasteiger partial charge in [0.15, 0.2) is 0 Å². The fourth-order valence-electron chi connectivity index (χ4n) is 2.65. The largest absolute Gasteiger partial charge is 0.450 e. The predicted octanol–water partition coefficient (Wildman–Crippen LogP) is 3.98. The van der Waals surface area contributed by atoms with Crippen molar-refractivity contribution >= 4 is 17.9 Å². The van der Waals surface area contributed by atoms with Gasteiger partial charge in [0, 0.05) is 24.7 Å². The van der Waals surface area contributed by atoms with Crippen LogP contribution in [0.2, 0.25) is 0 Å². The third-order valence-corrected chi connectivity index (χ3v) is 3.74. The molecule has 1 N–H and O–H groups in total. The van der Waals surface area contributed by atoms with Gasteiger partial charge in [-0.1, -0.05) is 12.1 Å². The summed E-state index contributed by atoms with van der Waals surface area (Å²) in [6.07, 6.45) is 0.192. The number of anilines is 1. The number of rotatable bonds is 3. The van der Waals surface area contributed by atoms with Crippen molar-refractivity contribution in [3.05, 3.63) is 29.8 Å². The Labute approximate surface area is 143 Å². The minimum Gasteiger partial charge on any atom is -0.450 e. The van der Waals surface area contributed by atoms with Crippen molar-refractivity contribution in [1.82, 2.24) is 4.90 Å². The summed E-state index contributed by atoms with van der Waals surface area (Å²) in [5, 5.41) is 2.67. The second-order valence-electron chi connectivity index (χ2n) is 6.88. The van der Waals surface area contributed by atoms with Crippen LogP contribution in [0, 0.1) is 0 Å². The third kappa shape index (κ3) is 5.15. The summed E-state index contributed by atoms with van der Waals surface area (Å²) in [6, 6.07) is 7.65. The smallest absolute Gasteiger partial charge is 0.411 e. The maximum Gasteiger partial charge on any atom is 0.411 e. The van der Waals surface area contributed by atoms with Crippen LogP contribution in [0.4, 0.5) is 15.3 Å². The highest BCUT2D eigenvalue weighted by atomic mass is 16.6. The molecular formula is C18H26N2O4. The Morgan fingerprint density at radius 1 is 1.25 bits per heavy atom. The molecule has 0 aliphatic carbocycles. The van der Waals surface area contributed by atoms with E-state index in [1.165, 1.54) is 0 Å². The lowest BCUT2D eigenvalue weighted by Gasteiger charge is -2.24. The number of amides is 2. The summed E-state index contributed by atoms with van der Waals surface area (Å²) in [6.45, 7) is 9.06. The molecule has 0 aromatic heterocycles. The molecule has 0 spiro atoms. The van der Waals surface area contributed by atoms with E-state index >= 15 is 0 Å². The van der Waals surface area contributed by atoms with Crippen LogP contribution in [0.25, 0.3) is 0 Å². The molecule has 1 saturated heterocycles. The summed E-state index contributed by atoms with van der Waals surface area (Å²) in [5.74, 6) is 0.286. The molecule has 24 heavy (non-hydrogen) atoms. The van der Waals surface area contributed by atoms with E-state index in [-0.39, 0.29) is 12.0 Å². The summed E-state index contributed by atoms with van der Waals surface area (Å²) in [7, 11) is 0. The maximum atomic E-state index is 12.1. The normalized spacial score (nSPS) is 17.5. The van der Waals surface area contributed by atoms with E-state index in [2.05, 4.69) is 5.32 Å². The van der Waals surface area contributed by atoms with Crippen LogP contribution in [-0.2, 0) is 9.47 Å². The number of carbonyl (C=O) groups is 2. The molecule has 0 bridgehead atoms. The second-order valence-corrected chi connectivity index (χ2v) is 6.88. The summed E-state index contributed by atoms with van der Waals surface area (Å²) >= 11 is 0. The molecule has 1 aromatic rings. The second kappa shape index (κ2) is 7.55. The molecule has 0 radical (unpaired) electrons. The molecule has 132 valence electrons. The fraction of sp³-hybridized carbons (Fsp3) is 0.556. The topological polar surface area (TPSA) is 67.9 Å². The molecule has 1 aliphatic rings. The van der Waals surface area contributed by atoms with Crippen LogP contribution in [0.1, 0.15) is 45.6 Å². The number of hydrogen-bond donors (Lipinski definition) is 1. The summed E-state index contributed by atoms with van der Waals surface area (Å²) < 4.78 is 10.3. The number of likely N-dealkylation sites (tertiary alicyclic amines) is 1. The molecule has 1 atom stereocenters. The van der Waals surface area contributed by atoms with E-state index in [1.54, 1.807) is 11.8 Å². The Balaban J connectivity index is 1.91. The summed E-state index contributed by atoms with van der Waals surface area (Å²) in [4.78, 5) is 25.3. The SMILES string of the molecule is CCOC(=O)Nc1ccc(C2CCN(C(=O)OC(C)(C)C)C2)cc1. The van der Waals surface area contributed by atoms with Gasteiger partial charge < -0.3 is 14.4 Å². The Morgan fingerprint density at radius 3 is 2.50 bits per heavy atom. The fourth-order valence-corrected chi connectivity index (χ4v) is 2.65. The minimum absolute atomic E-state index is 0.259. The first-order valence-corrected chi connectivity index (χ1v) is 8.30. The molecular weight excluding hydrogens is 308 g/mol. The van der Waals surface area contributed by atoms with Gasteiger partial charge in [0.05, 0.1) is 6.61 Å². The minimum atomic E-state index is -0.477. The molecule has 1 aliphatic heterocycles. The quantitative estimate of drug-likeness (QED) is 0.908. The van der Waals surface area contributed by atoms with Crippen molar-refractivity contribution in [3.63, 3.8) is 0 Å². The van der Waals surface area contributed by atoms with E-state index in [9.17, 15) is 9.59 Å².